The Morgan fingerprint density at radius 1 is 0.914 bits per heavy atom. The van der Waals surface area contributed by atoms with Gasteiger partial charge in [-0.15, -0.1) is 0 Å². The van der Waals surface area contributed by atoms with Crippen molar-refractivity contribution in [3.05, 3.63) is 53.1 Å². The average molecular weight is 479 g/mol. The predicted molar refractivity (Wildman–Crippen MR) is 128 cm³/mol. The molecule has 0 radical (unpaired) electrons. The fraction of sp³-hybridized carbons (Fsp3) is 0.464. The second-order valence-corrected chi connectivity index (χ2v) is 8.91. The monoisotopic (exact) mass is 478 g/mol. The van der Waals surface area contributed by atoms with Gasteiger partial charge in [-0.05, 0) is 56.2 Å². The first kappa shape index (κ1) is 23.5. The molecular formula is C28H30O7. The minimum absolute atomic E-state index is 0.334. The first-order valence-electron chi connectivity index (χ1n) is 12.1. The molecule has 7 nitrogen and oxygen atoms in total. The number of ether oxygens (including phenoxy) is 6. The summed E-state index contributed by atoms with van der Waals surface area (Å²) in [4.78, 5) is 12.0. The van der Waals surface area contributed by atoms with Gasteiger partial charge in [-0.3, -0.25) is 0 Å². The van der Waals surface area contributed by atoms with Gasteiger partial charge in [0.1, 0.15) is 13.2 Å². The number of carbonyl (C=O) groups excluding carboxylic acids is 1. The molecule has 2 heterocycles. The van der Waals surface area contributed by atoms with Crippen molar-refractivity contribution in [1.82, 2.24) is 0 Å². The van der Waals surface area contributed by atoms with Crippen LogP contribution in [0.1, 0.15) is 54.1 Å². The fourth-order valence-electron chi connectivity index (χ4n) is 5.05. The maximum atomic E-state index is 12.0. The number of rotatable bonds is 4. The van der Waals surface area contributed by atoms with E-state index in [1.165, 1.54) is 0 Å². The van der Waals surface area contributed by atoms with Crippen LogP contribution >= 0.6 is 0 Å². The van der Waals surface area contributed by atoms with Crippen LogP contribution in [0.5, 0.6) is 17.2 Å². The maximum Gasteiger partial charge on any atom is 0.338 e. The minimum atomic E-state index is -0.518. The summed E-state index contributed by atoms with van der Waals surface area (Å²) in [5.41, 5.74) is 1.86. The molecule has 1 saturated carbocycles. The molecule has 0 unspecified atom stereocenters. The van der Waals surface area contributed by atoms with Gasteiger partial charge in [0.05, 0.1) is 37.9 Å². The largest absolute Gasteiger partial charge is 0.493 e. The molecule has 3 aliphatic rings. The number of carbonyl (C=O) groups is 1. The van der Waals surface area contributed by atoms with Crippen LogP contribution in [0.3, 0.4) is 0 Å². The van der Waals surface area contributed by atoms with Gasteiger partial charge in [0.25, 0.3) is 0 Å². The Morgan fingerprint density at radius 2 is 1.60 bits per heavy atom. The standard InChI is InChI=1S/C28H30O7/c1-3-31-26(29)21-6-4-20(5-7-21)10-11-27(12-14-28(15-13-27)34-18-19-35-28)22-8-9-23(30-2)25-24(22)32-16-17-33-25/h4-9H,3,12-19H2,1-2H3. The van der Waals surface area contributed by atoms with Crippen LogP contribution in [0.2, 0.25) is 0 Å². The highest BCUT2D eigenvalue weighted by atomic mass is 16.7. The molecule has 1 saturated heterocycles. The lowest BCUT2D eigenvalue weighted by Crippen LogP contribution is -2.42. The third-order valence-corrected chi connectivity index (χ3v) is 6.91. The molecule has 0 aromatic heterocycles. The van der Waals surface area contributed by atoms with Gasteiger partial charge in [0.15, 0.2) is 17.3 Å². The third kappa shape index (κ3) is 4.56. The van der Waals surface area contributed by atoms with E-state index in [-0.39, 0.29) is 5.97 Å². The number of esters is 1. The Morgan fingerprint density at radius 3 is 2.26 bits per heavy atom. The maximum absolute atomic E-state index is 12.0. The molecule has 7 heteroatoms. The number of methoxy groups -OCH3 is 1. The van der Waals surface area contributed by atoms with Crippen molar-refractivity contribution < 1.29 is 33.2 Å². The molecule has 0 bridgehead atoms. The molecule has 2 aliphatic heterocycles. The first-order chi connectivity index (χ1) is 17.1. The highest BCUT2D eigenvalue weighted by molar-refractivity contribution is 5.89. The second kappa shape index (κ2) is 9.80. The summed E-state index contributed by atoms with van der Waals surface area (Å²) in [6.07, 6.45) is 2.99. The highest BCUT2D eigenvalue weighted by Gasteiger charge is 2.48. The van der Waals surface area contributed by atoms with Crippen LogP contribution in [0, 0.1) is 11.8 Å². The fourth-order valence-corrected chi connectivity index (χ4v) is 5.05. The summed E-state index contributed by atoms with van der Waals surface area (Å²) in [5.74, 6) is 8.06. The van der Waals surface area contributed by atoms with Gasteiger partial charge in [0.2, 0.25) is 5.75 Å². The number of fused-ring (bicyclic) bond motifs is 1. The Kier molecular flexibility index (Phi) is 6.59. The van der Waals surface area contributed by atoms with Crippen molar-refractivity contribution in [3.8, 4) is 29.1 Å². The zero-order chi connectivity index (χ0) is 24.3. The molecule has 0 amide bonds. The van der Waals surface area contributed by atoms with Crippen LogP contribution in [0.4, 0.5) is 0 Å². The zero-order valence-electron chi connectivity index (χ0n) is 20.2. The van der Waals surface area contributed by atoms with E-state index in [0.29, 0.717) is 55.8 Å². The second-order valence-electron chi connectivity index (χ2n) is 8.91. The molecule has 0 N–H and O–H groups in total. The summed E-state index contributed by atoms with van der Waals surface area (Å²) < 4.78 is 34.6. The van der Waals surface area contributed by atoms with E-state index in [1.807, 2.05) is 24.3 Å². The quantitative estimate of drug-likeness (QED) is 0.481. The lowest BCUT2D eigenvalue weighted by atomic mass is 9.67. The van der Waals surface area contributed by atoms with E-state index in [1.54, 1.807) is 26.2 Å². The van der Waals surface area contributed by atoms with Crippen molar-refractivity contribution >= 4 is 5.97 Å². The summed E-state index contributed by atoms with van der Waals surface area (Å²) >= 11 is 0. The van der Waals surface area contributed by atoms with E-state index in [2.05, 4.69) is 11.8 Å². The van der Waals surface area contributed by atoms with Crippen LogP contribution in [-0.2, 0) is 19.6 Å². The van der Waals surface area contributed by atoms with E-state index < -0.39 is 11.2 Å². The highest BCUT2D eigenvalue weighted by Crippen LogP contribution is 2.52. The van der Waals surface area contributed by atoms with E-state index in [9.17, 15) is 4.79 Å². The van der Waals surface area contributed by atoms with Gasteiger partial charge in [0, 0.05) is 24.0 Å². The van der Waals surface area contributed by atoms with Crippen molar-refractivity contribution in [2.75, 3.05) is 40.1 Å². The minimum Gasteiger partial charge on any atom is -0.493 e. The summed E-state index contributed by atoms with van der Waals surface area (Å²) in [7, 11) is 1.63. The summed E-state index contributed by atoms with van der Waals surface area (Å²) in [5, 5.41) is 0. The zero-order valence-corrected chi connectivity index (χ0v) is 20.2. The number of hydrogen-bond acceptors (Lipinski definition) is 7. The van der Waals surface area contributed by atoms with E-state index in [0.717, 1.165) is 36.8 Å². The van der Waals surface area contributed by atoms with Crippen LogP contribution in [0.25, 0.3) is 0 Å². The van der Waals surface area contributed by atoms with E-state index in [4.69, 9.17) is 28.4 Å². The Hall–Kier alpha value is -3.21. The Bertz CT molecular complexity index is 1130. The van der Waals surface area contributed by atoms with Crippen LogP contribution in [-0.4, -0.2) is 51.9 Å². The Balaban J connectivity index is 1.51. The molecule has 5 rings (SSSR count). The molecule has 2 aromatic rings. The van der Waals surface area contributed by atoms with Gasteiger partial charge in [-0.25, -0.2) is 4.79 Å². The van der Waals surface area contributed by atoms with Gasteiger partial charge in [-0.1, -0.05) is 11.8 Å². The van der Waals surface area contributed by atoms with Crippen LogP contribution in [0.15, 0.2) is 36.4 Å². The lowest BCUT2D eigenvalue weighted by Gasteiger charge is -2.42. The van der Waals surface area contributed by atoms with Crippen molar-refractivity contribution in [1.29, 1.82) is 0 Å². The molecule has 184 valence electrons. The summed E-state index contributed by atoms with van der Waals surface area (Å²) in [6.45, 7) is 4.33. The van der Waals surface area contributed by atoms with Crippen LogP contribution < -0.4 is 14.2 Å². The molecule has 2 aromatic carbocycles. The molecule has 35 heavy (non-hydrogen) atoms. The summed E-state index contributed by atoms with van der Waals surface area (Å²) in [6, 6.07) is 11.2. The average Bonchev–Trinajstić information content (AvgIpc) is 3.37. The van der Waals surface area contributed by atoms with Crippen molar-refractivity contribution in [3.63, 3.8) is 0 Å². The smallest absolute Gasteiger partial charge is 0.338 e. The van der Waals surface area contributed by atoms with Crippen molar-refractivity contribution in [2.45, 2.75) is 43.8 Å². The molecule has 1 aliphatic carbocycles. The first-order valence-corrected chi connectivity index (χ1v) is 12.1. The lowest BCUT2D eigenvalue weighted by molar-refractivity contribution is -0.182. The molecular weight excluding hydrogens is 448 g/mol. The number of hydrogen-bond donors (Lipinski definition) is 0. The molecule has 0 atom stereocenters. The van der Waals surface area contributed by atoms with Crippen molar-refractivity contribution in [2.24, 2.45) is 0 Å². The normalized spacial score (nSPS) is 19.5. The van der Waals surface area contributed by atoms with Gasteiger partial charge in [-0.2, -0.15) is 0 Å². The Labute approximate surface area is 205 Å². The predicted octanol–water partition coefficient (Wildman–Crippen LogP) is 4.25. The molecule has 1 spiro atoms. The van der Waals surface area contributed by atoms with E-state index >= 15 is 0 Å². The van der Waals surface area contributed by atoms with Gasteiger partial charge >= 0.3 is 5.97 Å². The third-order valence-electron chi connectivity index (χ3n) is 6.91. The number of benzene rings is 2. The topological polar surface area (TPSA) is 72.5 Å². The van der Waals surface area contributed by atoms with Gasteiger partial charge < -0.3 is 28.4 Å². The SMILES string of the molecule is CCOC(=O)c1ccc(C#CC2(c3ccc(OC)c4c3OCCO4)CCC3(CC2)OCCO3)cc1. The molecule has 2 fully saturated rings.